The van der Waals surface area contributed by atoms with Gasteiger partial charge in [0.05, 0.1) is 18.5 Å². The number of benzene rings is 2. The average Bonchev–Trinajstić information content (AvgIpc) is 3.40. The number of amides is 1. The highest BCUT2D eigenvalue weighted by atomic mass is 16.5. The first-order valence-electron chi connectivity index (χ1n) is 9.43. The molecule has 3 N–H and O–H groups in total. The van der Waals surface area contributed by atoms with Crippen LogP contribution in [0.3, 0.4) is 0 Å². The molecule has 0 atom stereocenters. The number of fused-ring (bicyclic) bond motifs is 1. The molecule has 0 saturated heterocycles. The van der Waals surface area contributed by atoms with E-state index in [0.717, 1.165) is 34.2 Å². The topological polar surface area (TPSA) is 95.2 Å². The fourth-order valence-corrected chi connectivity index (χ4v) is 2.95. The number of aromatic amines is 2. The van der Waals surface area contributed by atoms with Crippen LogP contribution >= 0.6 is 0 Å². The molecule has 0 aliphatic heterocycles. The smallest absolute Gasteiger partial charge is 0.289 e. The van der Waals surface area contributed by atoms with Crippen LogP contribution in [0.2, 0.25) is 0 Å². The number of hydrogen-bond acceptors (Lipinski definition) is 4. The van der Waals surface area contributed by atoms with Gasteiger partial charge in [-0.25, -0.2) is 5.43 Å². The Hall–Kier alpha value is -3.87. The molecule has 0 saturated carbocycles. The molecule has 0 unspecified atom stereocenters. The molecule has 2 aromatic carbocycles. The van der Waals surface area contributed by atoms with Gasteiger partial charge in [-0.3, -0.25) is 9.89 Å². The summed E-state index contributed by atoms with van der Waals surface area (Å²) >= 11 is 0. The second kappa shape index (κ2) is 8.43. The van der Waals surface area contributed by atoms with Gasteiger partial charge in [-0.05, 0) is 42.8 Å². The molecule has 0 radical (unpaired) electrons. The van der Waals surface area contributed by atoms with E-state index in [1.54, 1.807) is 12.3 Å². The van der Waals surface area contributed by atoms with Crippen LogP contribution < -0.4 is 10.2 Å². The molecule has 7 heteroatoms. The van der Waals surface area contributed by atoms with E-state index in [-0.39, 0.29) is 5.91 Å². The Morgan fingerprint density at radius 2 is 2.03 bits per heavy atom. The Morgan fingerprint density at radius 1 is 1.21 bits per heavy atom. The lowest BCUT2D eigenvalue weighted by molar-refractivity contribution is 0.0950. The number of ether oxygens (including phenoxy) is 1. The van der Waals surface area contributed by atoms with Gasteiger partial charge in [0.2, 0.25) is 0 Å². The number of nitrogens with zero attached hydrogens (tertiary/aromatic N) is 2. The van der Waals surface area contributed by atoms with E-state index in [0.29, 0.717) is 18.0 Å². The van der Waals surface area contributed by atoms with Crippen LogP contribution in [0.4, 0.5) is 0 Å². The van der Waals surface area contributed by atoms with Gasteiger partial charge in [0.15, 0.2) is 0 Å². The predicted octanol–water partition coefficient (Wildman–Crippen LogP) is 4.11. The third kappa shape index (κ3) is 4.19. The van der Waals surface area contributed by atoms with Crippen molar-refractivity contribution in [1.29, 1.82) is 0 Å². The van der Waals surface area contributed by atoms with Crippen molar-refractivity contribution in [3.05, 3.63) is 72.1 Å². The van der Waals surface area contributed by atoms with E-state index >= 15 is 0 Å². The molecular formula is C22H21N5O2. The number of H-pyrrole nitrogens is 2. The summed E-state index contributed by atoms with van der Waals surface area (Å²) in [5, 5.41) is 12.1. The lowest BCUT2D eigenvalue weighted by atomic mass is 10.1. The summed E-state index contributed by atoms with van der Waals surface area (Å²) in [5.41, 5.74) is 6.35. The van der Waals surface area contributed by atoms with Crippen molar-refractivity contribution >= 4 is 23.0 Å². The summed E-state index contributed by atoms with van der Waals surface area (Å²) in [6.45, 7) is 2.75. The molecule has 0 aliphatic carbocycles. The van der Waals surface area contributed by atoms with Crippen LogP contribution in [0.5, 0.6) is 5.75 Å². The van der Waals surface area contributed by atoms with Crippen LogP contribution in [0, 0.1) is 0 Å². The minimum absolute atomic E-state index is 0.336. The largest absolute Gasteiger partial charge is 0.494 e. The standard InChI is InChI=1S/C22H21N5O2/c1-2-11-29-17-9-7-15(8-10-17)20-12-21(26-25-20)22(28)27-24-14-16-13-23-19-6-4-3-5-18(16)19/h3-10,12-14,23H,2,11H2,1H3,(H,25,26)(H,27,28)/b24-14-. The highest BCUT2D eigenvalue weighted by molar-refractivity contribution is 6.00. The Bertz CT molecular complexity index is 1140. The zero-order valence-corrected chi connectivity index (χ0v) is 16.0. The van der Waals surface area contributed by atoms with Crippen molar-refractivity contribution in [2.75, 3.05) is 6.61 Å². The molecule has 146 valence electrons. The van der Waals surface area contributed by atoms with Crippen LogP contribution in [0.15, 0.2) is 65.9 Å². The number of hydrazone groups is 1. The average molecular weight is 387 g/mol. The zero-order chi connectivity index (χ0) is 20.1. The van der Waals surface area contributed by atoms with Crippen molar-refractivity contribution in [3.63, 3.8) is 0 Å². The van der Waals surface area contributed by atoms with Crippen LogP contribution in [-0.2, 0) is 0 Å². The van der Waals surface area contributed by atoms with Gasteiger partial charge in [-0.2, -0.15) is 10.2 Å². The maximum Gasteiger partial charge on any atom is 0.289 e. The molecule has 0 aliphatic rings. The summed E-state index contributed by atoms with van der Waals surface area (Å²) in [4.78, 5) is 15.5. The van der Waals surface area contributed by atoms with Crippen LogP contribution in [0.1, 0.15) is 29.4 Å². The Labute approximate surface area is 167 Å². The SMILES string of the molecule is CCCOc1ccc(-c2cc(C(=O)N/N=C\c3c[nH]c4ccccc34)[nH]n2)cc1. The molecule has 2 heterocycles. The number of carbonyl (C=O) groups is 1. The van der Waals surface area contributed by atoms with Gasteiger partial charge < -0.3 is 9.72 Å². The normalized spacial score (nSPS) is 11.2. The number of hydrogen-bond donors (Lipinski definition) is 3. The van der Waals surface area contributed by atoms with Gasteiger partial charge in [0, 0.05) is 28.2 Å². The summed E-state index contributed by atoms with van der Waals surface area (Å²) in [7, 11) is 0. The molecule has 0 fully saturated rings. The molecule has 2 aromatic heterocycles. The quantitative estimate of drug-likeness (QED) is 0.329. The lowest BCUT2D eigenvalue weighted by Crippen LogP contribution is -2.17. The second-order valence-electron chi connectivity index (χ2n) is 6.53. The summed E-state index contributed by atoms with van der Waals surface area (Å²) in [5.74, 6) is 0.457. The first kappa shape index (κ1) is 18.5. The Balaban J connectivity index is 1.40. The van der Waals surface area contributed by atoms with E-state index in [1.165, 1.54) is 0 Å². The monoisotopic (exact) mass is 387 g/mol. The predicted molar refractivity (Wildman–Crippen MR) is 113 cm³/mol. The van der Waals surface area contributed by atoms with Crippen molar-refractivity contribution in [1.82, 2.24) is 20.6 Å². The Morgan fingerprint density at radius 3 is 2.86 bits per heavy atom. The maximum atomic E-state index is 12.3. The van der Waals surface area contributed by atoms with Gasteiger partial charge in [-0.15, -0.1) is 0 Å². The summed E-state index contributed by atoms with van der Waals surface area (Å²) in [6, 6.07) is 17.2. The highest BCUT2D eigenvalue weighted by Gasteiger charge is 2.10. The molecule has 0 bridgehead atoms. The molecule has 1 amide bonds. The van der Waals surface area contributed by atoms with Crippen molar-refractivity contribution in [2.45, 2.75) is 13.3 Å². The number of aromatic nitrogens is 3. The van der Waals surface area contributed by atoms with Gasteiger partial charge >= 0.3 is 0 Å². The summed E-state index contributed by atoms with van der Waals surface area (Å²) < 4.78 is 5.58. The van der Waals surface area contributed by atoms with E-state index in [1.807, 2.05) is 54.7 Å². The Kier molecular flexibility index (Phi) is 5.38. The van der Waals surface area contributed by atoms with Crippen LogP contribution in [0.25, 0.3) is 22.2 Å². The number of nitrogens with one attached hydrogen (secondary N) is 3. The first-order chi connectivity index (χ1) is 14.2. The molecule has 4 rings (SSSR count). The van der Waals surface area contributed by atoms with Gasteiger partial charge in [0.25, 0.3) is 5.91 Å². The van der Waals surface area contributed by atoms with E-state index in [9.17, 15) is 4.79 Å². The van der Waals surface area contributed by atoms with Crippen molar-refractivity contribution in [2.24, 2.45) is 5.10 Å². The first-order valence-corrected chi connectivity index (χ1v) is 9.43. The van der Waals surface area contributed by atoms with Crippen molar-refractivity contribution in [3.8, 4) is 17.0 Å². The third-order valence-corrected chi connectivity index (χ3v) is 4.44. The minimum Gasteiger partial charge on any atom is -0.494 e. The summed E-state index contributed by atoms with van der Waals surface area (Å²) in [6.07, 6.45) is 4.42. The maximum absolute atomic E-state index is 12.3. The fraction of sp³-hybridized carbons (Fsp3) is 0.136. The second-order valence-corrected chi connectivity index (χ2v) is 6.53. The number of para-hydroxylation sites is 1. The fourth-order valence-electron chi connectivity index (χ4n) is 2.95. The molecule has 0 spiro atoms. The number of carbonyl (C=O) groups excluding carboxylic acids is 1. The van der Waals surface area contributed by atoms with Crippen LogP contribution in [-0.4, -0.2) is 33.9 Å². The lowest BCUT2D eigenvalue weighted by Gasteiger charge is -2.04. The third-order valence-electron chi connectivity index (χ3n) is 4.44. The molecule has 7 nitrogen and oxygen atoms in total. The molecular weight excluding hydrogens is 366 g/mol. The molecule has 29 heavy (non-hydrogen) atoms. The number of rotatable bonds is 7. The minimum atomic E-state index is -0.359. The molecule has 4 aromatic rings. The van der Waals surface area contributed by atoms with Gasteiger partial charge in [-0.1, -0.05) is 25.1 Å². The van der Waals surface area contributed by atoms with Crippen molar-refractivity contribution < 1.29 is 9.53 Å². The van der Waals surface area contributed by atoms with E-state index < -0.39 is 0 Å². The highest BCUT2D eigenvalue weighted by Crippen LogP contribution is 2.21. The van der Waals surface area contributed by atoms with Gasteiger partial charge in [0.1, 0.15) is 11.4 Å². The van der Waals surface area contributed by atoms with E-state index in [4.69, 9.17) is 4.74 Å². The zero-order valence-electron chi connectivity index (χ0n) is 16.0. The van der Waals surface area contributed by atoms with E-state index in [2.05, 4.69) is 32.6 Å².